The second-order valence-corrected chi connectivity index (χ2v) is 8.21. The van der Waals surface area contributed by atoms with Gasteiger partial charge in [0, 0.05) is 50.3 Å². The van der Waals surface area contributed by atoms with Crippen molar-refractivity contribution in [1.82, 2.24) is 19.4 Å². The van der Waals surface area contributed by atoms with Gasteiger partial charge in [-0.2, -0.15) is 0 Å². The van der Waals surface area contributed by atoms with Crippen LogP contribution in [0, 0.1) is 5.92 Å². The van der Waals surface area contributed by atoms with Gasteiger partial charge in [0.15, 0.2) is 0 Å². The number of pyridine rings is 1. The smallest absolute Gasteiger partial charge is 0.251 e. The molecule has 2 aromatic heterocycles. The third-order valence-electron chi connectivity index (χ3n) is 6.37. The fourth-order valence-corrected chi connectivity index (χ4v) is 4.70. The zero-order valence-electron chi connectivity index (χ0n) is 16.4. The summed E-state index contributed by atoms with van der Waals surface area (Å²) < 4.78 is 2.20. The lowest BCUT2D eigenvalue weighted by Crippen LogP contribution is -2.46. The van der Waals surface area contributed by atoms with Crippen LogP contribution in [0.2, 0.25) is 0 Å². The summed E-state index contributed by atoms with van der Waals surface area (Å²) in [6, 6.07) is 4.05. The zero-order valence-corrected chi connectivity index (χ0v) is 16.4. The molecule has 1 aliphatic carbocycles. The number of carbonyl (C=O) groups is 1. The highest BCUT2D eigenvalue weighted by atomic mass is 16.3. The van der Waals surface area contributed by atoms with Gasteiger partial charge in [-0.15, -0.1) is 0 Å². The number of hydrogen-bond acceptors (Lipinski definition) is 4. The Bertz CT molecular complexity index is 762. The molecule has 3 heterocycles. The highest BCUT2D eigenvalue weighted by molar-refractivity contribution is 5.81. The zero-order chi connectivity index (χ0) is 19.3. The van der Waals surface area contributed by atoms with Crippen molar-refractivity contribution in [3.63, 3.8) is 0 Å². The molecule has 0 radical (unpaired) electrons. The van der Waals surface area contributed by atoms with Gasteiger partial charge in [0.05, 0.1) is 0 Å². The Morgan fingerprint density at radius 2 is 1.79 bits per heavy atom. The Morgan fingerprint density at radius 1 is 1.07 bits per heavy atom. The largest absolute Gasteiger partial charge is 0.383 e. The molecule has 1 aliphatic heterocycles. The highest BCUT2D eigenvalue weighted by Gasteiger charge is 2.33. The minimum absolute atomic E-state index is 0.0644. The lowest BCUT2D eigenvalue weighted by molar-refractivity contribution is -0.144. The molecule has 0 spiro atoms. The van der Waals surface area contributed by atoms with E-state index in [1.807, 2.05) is 41.8 Å². The Kier molecular flexibility index (Phi) is 6.05. The van der Waals surface area contributed by atoms with E-state index in [0.717, 1.165) is 50.9 Å². The molecule has 1 N–H and O–H groups in total. The highest BCUT2D eigenvalue weighted by Crippen LogP contribution is 2.30. The summed E-state index contributed by atoms with van der Waals surface area (Å²) >= 11 is 0. The molecule has 6 nitrogen and oxygen atoms in total. The lowest BCUT2D eigenvalue weighted by Gasteiger charge is -2.35. The van der Waals surface area contributed by atoms with Gasteiger partial charge in [0.25, 0.3) is 5.91 Å². The summed E-state index contributed by atoms with van der Waals surface area (Å²) in [6.45, 7) is 2.20. The Morgan fingerprint density at radius 3 is 2.50 bits per heavy atom. The number of amides is 1. The second-order valence-electron chi connectivity index (χ2n) is 8.21. The second kappa shape index (κ2) is 8.86. The molecule has 1 atom stereocenters. The number of piperidine rings is 1. The molecule has 2 aliphatic rings. The maximum absolute atomic E-state index is 12.7. The maximum atomic E-state index is 12.7. The average Bonchev–Trinajstić information content (AvgIpc) is 3.22. The topological polar surface area (TPSA) is 71.2 Å². The SMILES string of the molecule is O=C([C@H](O)C1CCCCC1)N1CCC(c2nccn2Cc2ccncc2)CC1. The van der Waals surface area contributed by atoms with Crippen LogP contribution >= 0.6 is 0 Å². The first-order valence-electron chi connectivity index (χ1n) is 10.6. The number of carbonyl (C=O) groups excluding carboxylic acids is 1. The molecule has 150 valence electrons. The van der Waals surface area contributed by atoms with E-state index in [1.165, 1.54) is 12.0 Å². The predicted octanol–water partition coefficient (Wildman–Crippen LogP) is 2.97. The fraction of sp³-hybridized carbons (Fsp3) is 0.591. The van der Waals surface area contributed by atoms with E-state index in [4.69, 9.17) is 0 Å². The number of rotatable bonds is 5. The average molecular weight is 383 g/mol. The number of hydrogen-bond donors (Lipinski definition) is 1. The molecular formula is C22H30N4O2. The molecule has 2 fully saturated rings. The van der Waals surface area contributed by atoms with E-state index < -0.39 is 6.10 Å². The summed E-state index contributed by atoms with van der Waals surface area (Å²) in [5, 5.41) is 10.5. The van der Waals surface area contributed by atoms with Gasteiger partial charge in [-0.25, -0.2) is 4.98 Å². The van der Waals surface area contributed by atoms with Crippen LogP contribution in [0.3, 0.4) is 0 Å². The molecule has 1 amide bonds. The fourth-order valence-electron chi connectivity index (χ4n) is 4.70. The van der Waals surface area contributed by atoms with Crippen LogP contribution in [-0.4, -0.2) is 49.6 Å². The molecular weight excluding hydrogens is 352 g/mol. The van der Waals surface area contributed by atoms with Crippen molar-refractivity contribution >= 4 is 5.91 Å². The summed E-state index contributed by atoms with van der Waals surface area (Å²) in [7, 11) is 0. The number of aromatic nitrogens is 3. The van der Waals surface area contributed by atoms with Crippen molar-refractivity contribution in [3.05, 3.63) is 48.3 Å². The van der Waals surface area contributed by atoms with Gasteiger partial charge in [-0.1, -0.05) is 19.3 Å². The number of nitrogens with zero attached hydrogens (tertiary/aromatic N) is 4. The van der Waals surface area contributed by atoms with Crippen LogP contribution in [0.15, 0.2) is 36.9 Å². The van der Waals surface area contributed by atoms with E-state index >= 15 is 0 Å². The van der Waals surface area contributed by atoms with Crippen LogP contribution in [0.5, 0.6) is 0 Å². The number of imidazole rings is 1. The van der Waals surface area contributed by atoms with Gasteiger partial charge in [0.2, 0.25) is 0 Å². The minimum Gasteiger partial charge on any atom is -0.383 e. The third kappa shape index (κ3) is 4.27. The van der Waals surface area contributed by atoms with E-state index in [0.29, 0.717) is 19.0 Å². The summed E-state index contributed by atoms with van der Waals surface area (Å²) in [4.78, 5) is 23.3. The molecule has 4 rings (SSSR count). The molecule has 0 unspecified atom stereocenters. The first-order chi connectivity index (χ1) is 13.7. The standard InChI is InChI=1S/C22H30N4O2/c27-20(18-4-2-1-3-5-18)22(28)25-13-8-19(9-14-25)21-24-12-15-26(21)16-17-6-10-23-11-7-17/h6-7,10-12,15,18-20,27H,1-5,8-9,13-14,16H2/t20-/m1/s1. The number of aliphatic hydroxyl groups excluding tert-OH is 1. The van der Waals surface area contributed by atoms with Gasteiger partial charge in [0.1, 0.15) is 11.9 Å². The summed E-state index contributed by atoms with van der Waals surface area (Å²) in [5.41, 5.74) is 1.21. The monoisotopic (exact) mass is 382 g/mol. The van der Waals surface area contributed by atoms with Crippen molar-refractivity contribution in [2.45, 2.75) is 63.5 Å². The first-order valence-corrected chi connectivity index (χ1v) is 10.6. The molecule has 2 aromatic rings. The Balaban J connectivity index is 1.34. The first kappa shape index (κ1) is 19.1. The summed E-state index contributed by atoms with van der Waals surface area (Å²) in [5.74, 6) is 1.54. The quantitative estimate of drug-likeness (QED) is 0.863. The summed E-state index contributed by atoms with van der Waals surface area (Å²) in [6.07, 6.45) is 14.0. The van der Waals surface area contributed by atoms with E-state index in [2.05, 4.69) is 14.5 Å². The van der Waals surface area contributed by atoms with Gasteiger partial charge in [-0.3, -0.25) is 9.78 Å². The van der Waals surface area contributed by atoms with Crippen LogP contribution < -0.4 is 0 Å². The molecule has 1 saturated heterocycles. The molecule has 6 heteroatoms. The molecule has 0 bridgehead atoms. The van der Waals surface area contributed by atoms with Crippen molar-refractivity contribution in [2.75, 3.05) is 13.1 Å². The van der Waals surface area contributed by atoms with Gasteiger partial charge in [-0.05, 0) is 49.3 Å². The van der Waals surface area contributed by atoms with Gasteiger partial charge >= 0.3 is 0 Å². The van der Waals surface area contributed by atoms with Gasteiger partial charge < -0.3 is 14.6 Å². The number of likely N-dealkylation sites (tertiary alicyclic amines) is 1. The number of aliphatic hydroxyl groups is 1. The minimum atomic E-state index is -0.814. The van der Waals surface area contributed by atoms with Crippen molar-refractivity contribution in [2.24, 2.45) is 5.92 Å². The molecule has 1 saturated carbocycles. The van der Waals surface area contributed by atoms with Crippen molar-refractivity contribution in [1.29, 1.82) is 0 Å². The Labute approximate surface area is 166 Å². The van der Waals surface area contributed by atoms with E-state index in [-0.39, 0.29) is 11.8 Å². The maximum Gasteiger partial charge on any atom is 0.251 e. The van der Waals surface area contributed by atoms with Crippen LogP contribution in [0.4, 0.5) is 0 Å². The van der Waals surface area contributed by atoms with E-state index in [9.17, 15) is 9.90 Å². The van der Waals surface area contributed by atoms with Crippen LogP contribution in [-0.2, 0) is 11.3 Å². The lowest BCUT2D eigenvalue weighted by atomic mass is 9.84. The van der Waals surface area contributed by atoms with Crippen LogP contribution in [0.25, 0.3) is 0 Å². The third-order valence-corrected chi connectivity index (χ3v) is 6.37. The molecule has 28 heavy (non-hydrogen) atoms. The van der Waals surface area contributed by atoms with E-state index in [1.54, 1.807) is 0 Å². The Hall–Kier alpha value is -2.21. The predicted molar refractivity (Wildman–Crippen MR) is 107 cm³/mol. The molecule has 0 aromatic carbocycles. The van der Waals surface area contributed by atoms with Crippen molar-refractivity contribution in [3.8, 4) is 0 Å². The van der Waals surface area contributed by atoms with Crippen molar-refractivity contribution < 1.29 is 9.90 Å². The normalized spacial score (nSPS) is 20.2. The van der Waals surface area contributed by atoms with Crippen LogP contribution in [0.1, 0.15) is 62.3 Å².